The van der Waals surface area contributed by atoms with Crippen LogP contribution in [0.15, 0.2) is 29.8 Å². The van der Waals surface area contributed by atoms with Crippen LogP contribution in [0.4, 0.5) is 0 Å². The highest BCUT2D eigenvalue weighted by atomic mass is 32.1. The molecular formula is C17H23N3OS. The lowest BCUT2D eigenvalue weighted by Gasteiger charge is -2.23. The summed E-state index contributed by atoms with van der Waals surface area (Å²) in [5.41, 5.74) is 1.32. The molecule has 2 aromatic rings. The van der Waals surface area contributed by atoms with Crippen molar-refractivity contribution < 1.29 is 4.74 Å². The topological polar surface area (TPSA) is 30.3 Å². The Balaban J connectivity index is 1.42. The molecule has 5 heteroatoms. The highest BCUT2D eigenvalue weighted by Crippen LogP contribution is 2.29. The number of aromatic nitrogens is 2. The van der Waals surface area contributed by atoms with E-state index in [0.717, 1.165) is 45.3 Å². The van der Waals surface area contributed by atoms with Gasteiger partial charge in [-0.05, 0) is 36.3 Å². The van der Waals surface area contributed by atoms with Crippen molar-refractivity contribution in [2.45, 2.75) is 32.5 Å². The van der Waals surface area contributed by atoms with Crippen LogP contribution in [0.5, 0.6) is 0 Å². The summed E-state index contributed by atoms with van der Waals surface area (Å²) in [6.07, 6.45) is 4.64. The van der Waals surface area contributed by atoms with Crippen LogP contribution < -0.4 is 0 Å². The Labute approximate surface area is 135 Å². The molecule has 1 fully saturated rings. The van der Waals surface area contributed by atoms with Crippen molar-refractivity contribution in [1.29, 1.82) is 0 Å². The van der Waals surface area contributed by atoms with Gasteiger partial charge in [-0.15, -0.1) is 11.3 Å². The molecule has 0 amide bonds. The van der Waals surface area contributed by atoms with Gasteiger partial charge in [-0.2, -0.15) is 5.10 Å². The van der Waals surface area contributed by atoms with Gasteiger partial charge in [0, 0.05) is 49.8 Å². The van der Waals surface area contributed by atoms with E-state index in [1.165, 1.54) is 23.4 Å². The summed E-state index contributed by atoms with van der Waals surface area (Å²) in [6, 6.07) is 6.51. The molecule has 1 saturated carbocycles. The van der Waals surface area contributed by atoms with Gasteiger partial charge < -0.3 is 4.74 Å². The van der Waals surface area contributed by atoms with E-state index < -0.39 is 0 Å². The molecule has 0 bridgehead atoms. The number of nitrogens with zero attached hydrogens (tertiary/aromatic N) is 3. The van der Waals surface area contributed by atoms with Crippen molar-refractivity contribution >= 4 is 11.3 Å². The van der Waals surface area contributed by atoms with E-state index >= 15 is 0 Å². The highest BCUT2D eigenvalue weighted by molar-refractivity contribution is 7.09. The monoisotopic (exact) mass is 317 g/mol. The van der Waals surface area contributed by atoms with Gasteiger partial charge in [0.2, 0.25) is 0 Å². The molecule has 2 aromatic heterocycles. The van der Waals surface area contributed by atoms with E-state index in [9.17, 15) is 0 Å². The Morgan fingerprint density at radius 1 is 1.18 bits per heavy atom. The first kappa shape index (κ1) is 14.4. The number of hydrogen-bond acceptors (Lipinski definition) is 4. The SMILES string of the molecule is c1csc(CN2Cc3ccnn3C[C@@H](COCC3CC3)C2)c1. The van der Waals surface area contributed by atoms with Crippen LogP contribution in [0.1, 0.15) is 23.4 Å². The largest absolute Gasteiger partial charge is 0.381 e. The van der Waals surface area contributed by atoms with E-state index in [-0.39, 0.29) is 0 Å². The third kappa shape index (κ3) is 3.59. The van der Waals surface area contributed by atoms with Crippen LogP contribution in [0, 0.1) is 11.8 Å². The number of thiophene rings is 1. The predicted octanol–water partition coefficient (Wildman–Crippen LogP) is 3.00. The van der Waals surface area contributed by atoms with E-state index in [2.05, 4.69) is 38.3 Å². The van der Waals surface area contributed by atoms with E-state index in [4.69, 9.17) is 4.74 Å². The average molecular weight is 317 g/mol. The third-order valence-corrected chi connectivity index (χ3v) is 5.36. The Morgan fingerprint density at radius 3 is 2.91 bits per heavy atom. The maximum absolute atomic E-state index is 5.96. The number of fused-ring (bicyclic) bond motifs is 1. The quantitative estimate of drug-likeness (QED) is 0.820. The van der Waals surface area contributed by atoms with Gasteiger partial charge in [0.15, 0.2) is 0 Å². The second-order valence-electron chi connectivity index (χ2n) is 6.60. The van der Waals surface area contributed by atoms with Crippen molar-refractivity contribution in [2.75, 3.05) is 19.8 Å². The molecule has 0 saturated heterocycles. The Morgan fingerprint density at radius 2 is 2.09 bits per heavy atom. The average Bonchev–Trinajstić information content (AvgIpc) is 3.06. The molecule has 1 aliphatic carbocycles. The molecule has 4 rings (SSSR count). The van der Waals surface area contributed by atoms with Gasteiger partial charge in [0.1, 0.15) is 0 Å². The van der Waals surface area contributed by atoms with Crippen LogP contribution in [-0.2, 0) is 24.4 Å². The molecule has 0 N–H and O–H groups in total. The second kappa shape index (κ2) is 6.52. The van der Waals surface area contributed by atoms with E-state index in [0.29, 0.717) is 5.92 Å². The summed E-state index contributed by atoms with van der Waals surface area (Å²) in [5.74, 6) is 1.37. The second-order valence-corrected chi connectivity index (χ2v) is 7.63. The number of hydrogen-bond donors (Lipinski definition) is 0. The zero-order chi connectivity index (χ0) is 14.8. The Bertz CT molecular complexity index is 591. The molecule has 0 spiro atoms. The fraction of sp³-hybridized carbons (Fsp3) is 0.588. The lowest BCUT2D eigenvalue weighted by atomic mass is 10.1. The van der Waals surface area contributed by atoms with Crippen LogP contribution in [0.3, 0.4) is 0 Å². The zero-order valence-electron chi connectivity index (χ0n) is 12.9. The molecule has 1 aliphatic heterocycles. The Hall–Kier alpha value is -1.17. The van der Waals surface area contributed by atoms with Gasteiger partial charge >= 0.3 is 0 Å². The molecular weight excluding hydrogens is 294 g/mol. The maximum Gasteiger partial charge on any atom is 0.0524 e. The van der Waals surface area contributed by atoms with Gasteiger partial charge in [0.25, 0.3) is 0 Å². The molecule has 0 aromatic carbocycles. The maximum atomic E-state index is 5.96. The summed E-state index contributed by atoms with van der Waals surface area (Å²) < 4.78 is 8.13. The molecule has 0 radical (unpaired) electrons. The van der Waals surface area contributed by atoms with Crippen LogP contribution in [-0.4, -0.2) is 34.4 Å². The summed E-state index contributed by atoms with van der Waals surface area (Å²) >= 11 is 1.84. The van der Waals surface area contributed by atoms with Crippen molar-refractivity contribution in [1.82, 2.24) is 14.7 Å². The van der Waals surface area contributed by atoms with Gasteiger partial charge in [0.05, 0.1) is 12.3 Å². The van der Waals surface area contributed by atoms with Crippen molar-refractivity contribution in [2.24, 2.45) is 11.8 Å². The molecule has 3 heterocycles. The van der Waals surface area contributed by atoms with Crippen LogP contribution >= 0.6 is 11.3 Å². The highest BCUT2D eigenvalue weighted by Gasteiger charge is 2.25. The zero-order valence-corrected chi connectivity index (χ0v) is 13.7. The molecule has 1 atom stereocenters. The van der Waals surface area contributed by atoms with E-state index in [1.807, 2.05) is 17.5 Å². The van der Waals surface area contributed by atoms with Gasteiger partial charge in [-0.3, -0.25) is 9.58 Å². The molecule has 22 heavy (non-hydrogen) atoms. The fourth-order valence-corrected chi connectivity index (χ4v) is 3.90. The minimum Gasteiger partial charge on any atom is -0.381 e. The molecule has 4 nitrogen and oxygen atoms in total. The Kier molecular flexibility index (Phi) is 4.28. The summed E-state index contributed by atoms with van der Waals surface area (Å²) in [6.45, 7) is 5.89. The van der Waals surface area contributed by atoms with Crippen molar-refractivity contribution in [3.63, 3.8) is 0 Å². The first-order valence-electron chi connectivity index (χ1n) is 8.20. The number of ether oxygens (including phenoxy) is 1. The number of rotatable bonds is 6. The summed E-state index contributed by atoms with van der Waals surface area (Å²) in [5, 5.41) is 6.65. The minimum atomic E-state index is 0.528. The third-order valence-electron chi connectivity index (χ3n) is 4.50. The lowest BCUT2D eigenvalue weighted by molar-refractivity contribution is 0.0698. The van der Waals surface area contributed by atoms with Crippen molar-refractivity contribution in [3.05, 3.63) is 40.3 Å². The first-order chi connectivity index (χ1) is 10.9. The van der Waals surface area contributed by atoms with Crippen molar-refractivity contribution in [3.8, 4) is 0 Å². The summed E-state index contributed by atoms with van der Waals surface area (Å²) in [7, 11) is 0. The van der Waals surface area contributed by atoms with Crippen LogP contribution in [0.25, 0.3) is 0 Å². The lowest BCUT2D eigenvalue weighted by Crippen LogP contribution is -2.30. The van der Waals surface area contributed by atoms with Gasteiger partial charge in [-0.1, -0.05) is 6.07 Å². The minimum absolute atomic E-state index is 0.528. The first-order valence-corrected chi connectivity index (χ1v) is 9.08. The van der Waals surface area contributed by atoms with Crippen LogP contribution in [0.2, 0.25) is 0 Å². The predicted molar refractivity (Wildman–Crippen MR) is 87.7 cm³/mol. The normalized spacial score (nSPS) is 22.5. The van der Waals surface area contributed by atoms with Gasteiger partial charge in [-0.25, -0.2) is 0 Å². The fourth-order valence-electron chi connectivity index (χ4n) is 3.15. The van der Waals surface area contributed by atoms with E-state index in [1.54, 1.807) is 0 Å². The smallest absolute Gasteiger partial charge is 0.0524 e. The molecule has 0 unspecified atom stereocenters. The standard InChI is InChI=1S/C17H23N3OS/c1-2-17(22-7-1)11-19-8-15(13-21-12-14-3-4-14)9-20-16(10-19)5-6-18-20/h1-2,5-7,14-15H,3-4,8-13H2/t15-/m0/s1. The molecule has 2 aliphatic rings. The summed E-state index contributed by atoms with van der Waals surface area (Å²) in [4.78, 5) is 3.97. The molecule has 118 valence electrons.